The summed E-state index contributed by atoms with van der Waals surface area (Å²) in [6, 6.07) is 11.9. The summed E-state index contributed by atoms with van der Waals surface area (Å²) in [5.41, 5.74) is 1.50. The highest BCUT2D eigenvalue weighted by Crippen LogP contribution is 2.44. The second-order valence-electron chi connectivity index (χ2n) is 15.0. The number of pyridine rings is 1. The normalized spacial score (nSPS) is 20.7. The van der Waals surface area contributed by atoms with Gasteiger partial charge in [0.2, 0.25) is 0 Å². The van der Waals surface area contributed by atoms with Gasteiger partial charge >= 0.3 is 5.97 Å². The maximum Gasteiger partial charge on any atom is 0.339 e. The number of anilines is 1. The molecule has 6 bridgehead atoms. The zero-order chi connectivity index (χ0) is 36.7. The fraction of sp³-hybridized carbons (Fsp3) is 0.500. The minimum Gasteiger partial charge on any atom is -0.490 e. The van der Waals surface area contributed by atoms with Crippen LogP contribution in [0.2, 0.25) is 0 Å². The Balaban J connectivity index is 1.61. The van der Waals surface area contributed by atoms with E-state index in [9.17, 15) is 9.18 Å². The van der Waals surface area contributed by atoms with Crippen LogP contribution in [0.25, 0.3) is 28.0 Å². The topological polar surface area (TPSA) is 74.5 Å². The molecule has 11 heteroatoms. The number of ether oxygens (including phenoxy) is 4. The first-order chi connectivity index (χ1) is 24.2. The third kappa shape index (κ3) is 7.74. The van der Waals surface area contributed by atoms with E-state index in [4.69, 9.17) is 23.9 Å². The van der Waals surface area contributed by atoms with Crippen LogP contribution in [-0.4, -0.2) is 59.5 Å². The van der Waals surface area contributed by atoms with E-state index >= 15 is 8.78 Å². The minimum atomic E-state index is -2.91. The predicted octanol–water partition coefficient (Wildman–Crippen LogP) is 9.41. The van der Waals surface area contributed by atoms with Crippen molar-refractivity contribution in [3.63, 3.8) is 0 Å². The lowest BCUT2D eigenvalue weighted by Gasteiger charge is -2.42. The summed E-state index contributed by atoms with van der Waals surface area (Å²) in [5.74, 6) is 0.0115. The molecule has 8 nitrogen and oxygen atoms in total. The van der Waals surface area contributed by atoms with Gasteiger partial charge in [-0.15, -0.1) is 0 Å². The Morgan fingerprint density at radius 1 is 1.06 bits per heavy atom. The molecule has 2 unspecified atom stereocenters. The van der Waals surface area contributed by atoms with Gasteiger partial charge in [-0.2, -0.15) is 0 Å². The van der Waals surface area contributed by atoms with Crippen molar-refractivity contribution in [1.82, 2.24) is 9.38 Å². The van der Waals surface area contributed by atoms with E-state index in [1.54, 1.807) is 23.6 Å². The van der Waals surface area contributed by atoms with Crippen LogP contribution in [0.1, 0.15) is 95.9 Å². The first kappa shape index (κ1) is 36.7. The molecule has 1 saturated heterocycles. The van der Waals surface area contributed by atoms with E-state index in [0.717, 1.165) is 19.3 Å². The molecule has 4 aromatic rings. The van der Waals surface area contributed by atoms with Gasteiger partial charge in [-0.25, -0.2) is 22.9 Å². The van der Waals surface area contributed by atoms with Crippen LogP contribution in [0, 0.1) is 12.7 Å². The summed E-state index contributed by atoms with van der Waals surface area (Å²) in [5, 5.41) is 0. The van der Waals surface area contributed by atoms with E-state index in [2.05, 4.69) is 11.8 Å². The third-order valence-corrected chi connectivity index (χ3v) is 9.91. The average Bonchev–Trinajstić information content (AvgIpc) is 3.51. The van der Waals surface area contributed by atoms with Gasteiger partial charge in [0.15, 0.2) is 6.10 Å². The van der Waals surface area contributed by atoms with Crippen molar-refractivity contribution in [2.45, 2.75) is 103 Å². The SMILES string of the molecule is COC(=O)C(OC(C)(C)C)c1c(C)c(C(F)F)c2nc3cn2c1N1CCC(C)(CC1)OCCCCC(C)Oc1ccc(F)cc1-c1cccc-3c1. The van der Waals surface area contributed by atoms with Gasteiger partial charge in [-0.3, -0.25) is 4.40 Å². The first-order valence-corrected chi connectivity index (χ1v) is 17.7. The number of benzene rings is 2. The highest BCUT2D eigenvalue weighted by Gasteiger charge is 2.39. The van der Waals surface area contributed by atoms with Crippen molar-refractivity contribution < 1.29 is 36.9 Å². The van der Waals surface area contributed by atoms with Crippen molar-refractivity contribution >= 4 is 17.4 Å². The molecule has 5 heterocycles. The summed E-state index contributed by atoms with van der Waals surface area (Å²) in [4.78, 5) is 20.5. The van der Waals surface area contributed by atoms with Crippen LogP contribution in [0.3, 0.4) is 0 Å². The molecular weight excluding hydrogens is 659 g/mol. The highest BCUT2D eigenvalue weighted by molar-refractivity contribution is 5.83. The van der Waals surface area contributed by atoms with Crippen molar-refractivity contribution in [1.29, 1.82) is 0 Å². The summed E-state index contributed by atoms with van der Waals surface area (Å²) in [7, 11) is 1.27. The number of esters is 1. The zero-order valence-electron chi connectivity index (χ0n) is 30.5. The summed E-state index contributed by atoms with van der Waals surface area (Å²) < 4.78 is 71.2. The van der Waals surface area contributed by atoms with Crippen molar-refractivity contribution in [3.8, 4) is 28.1 Å². The van der Waals surface area contributed by atoms with Crippen molar-refractivity contribution in [3.05, 3.63) is 71.2 Å². The predicted molar refractivity (Wildman–Crippen MR) is 191 cm³/mol. The number of hydrogen-bond acceptors (Lipinski definition) is 7. The Hall–Kier alpha value is -4.09. The number of fused-ring (bicyclic) bond motifs is 8. The monoisotopic (exact) mass is 707 g/mol. The van der Waals surface area contributed by atoms with E-state index < -0.39 is 29.9 Å². The van der Waals surface area contributed by atoms with Gasteiger partial charge < -0.3 is 23.8 Å². The molecule has 0 radical (unpaired) electrons. The fourth-order valence-corrected chi connectivity index (χ4v) is 7.20. The lowest BCUT2D eigenvalue weighted by molar-refractivity contribution is -0.164. The summed E-state index contributed by atoms with van der Waals surface area (Å²) in [6.07, 6.45) is 1.35. The number of rotatable bonds is 4. The summed E-state index contributed by atoms with van der Waals surface area (Å²) in [6.45, 7) is 12.8. The molecule has 3 aliphatic heterocycles. The molecule has 51 heavy (non-hydrogen) atoms. The smallest absolute Gasteiger partial charge is 0.339 e. The molecule has 274 valence electrons. The van der Waals surface area contributed by atoms with Crippen LogP contribution in [-0.2, 0) is 19.0 Å². The van der Waals surface area contributed by atoms with E-state index in [1.807, 2.05) is 52.0 Å². The highest BCUT2D eigenvalue weighted by atomic mass is 19.3. The van der Waals surface area contributed by atoms with Crippen molar-refractivity contribution in [2.24, 2.45) is 0 Å². The van der Waals surface area contributed by atoms with Gasteiger partial charge in [0, 0.05) is 42.6 Å². The Kier molecular flexibility index (Phi) is 10.4. The second kappa shape index (κ2) is 14.5. The zero-order valence-corrected chi connectivity index (χ0v) is 30.5. The molecular formula is C40H48F3N3O5. The molecule has 2 aromatic carbocycles. The molecule has 2 aromatic heterocycles. The first-order valence-electron chi connectivity index (χ1n) is 17.7. The third-order valence-electron chi connectivity index (χ3n) is 9.91. The average molecular weight is 708 g/mol. The Labute approximate surface area is 297 Å². The van der Waals surface area contributed by atoms with Gasteiger partial charge in [0.05, 0.1) is 35.7 Å². The number of methoxy groups -OCH3 is 1. The molecule has 0 amide bonds. The van der Waals surface area contributed by atoms with Gasteiger partial charge in [0.25, 0.3) is 6.43 Å². The number of carbonyl (C=O) groups is 1. The molecule has 0 N–H and O–H groups in total. The number of carbonyl (C=O) groups excluding carboxylic acids is 1. The fourth-order valence-electron chi connectivity index (χ4n) is 7.20. The maximum atomic E-state index is 15.2. The summed E-state index contributed by atoms with van der Waals surface area (Å²) >= 11 is 0. The van der Waals surface area contributed by atoms with Crippen LogP contribution >= 0.6 is 0 Å². The van der Waals surface area contributed by atoms with E-state index in [1.165, 1.54) is 19.2 Å². The molecule has 3 aliphatic rings. The molecule has 0 saturated carbocycles. The quantitative estimate of drug-likeness (QED) is 0.196. The number of imidazole rings is 1. The number of hydrogen-bond donors (Lipinski definition) is 0. The Bertz CT molecular complexity index is 1890. The number of nitrogens with zero attached hydrogens (tertiary/aromatic N) is 3. The van der Waals surface area contributed by atoms with Crippen LogP contribution < -0.4 is 9.64 Å². The van der Waals surface area contributed by atoms with Gasteiger partial charge in [0.1, 0.15) is 23.0 Å². The number of piperidine rings is 1. The van der Waals surface area contributed by atoms with E-state index in [-0.39, 0.29) is 28.5 Å². The molecule has 0 aliphatic carbocycles. The number of halogens is 3. The maximum absolute atomic E-state index is 15.2. The van der Waals surface area contributed by atoms with Crippen LogP contribution in [0.5, 0.6) is 5.75 Å². The largest absolute Gasteiger partial charge is 0.490 e. The van der Waals surface area contributed by atoms with Gasteiger partial charge in [-0.1, -0.05) is 18.2 Å². The van der Waals surface area contributed by atoms with Crippen molar-refractivity contribution in [2.75, 3.05) is 31.7 Å². The molecule has 0 spiro atoms. The molecule has 2 atom stereocenters. The van der Waals surface area contributed by atoms with Gasteiger partial charge in [-0.05, 0) is 109 Å². The minimum absolute atomic E-state index is 0.0834. The number of alkyl halides is 2. The Morgan fingerprint density at radius 2 is 1.78 bits per heavy atom. The lowest BCUT2D eigenvalue weighted by Crippen LogP contribution is -2.45. The molecule has 7 rings (SSSR count). The standard InChI is InChI=1S/C40H48F3N3O5/c1-24-11-8-9-20-49-40(6)16-18-45(19-17-40)37-32(34(38(47)48-7)51-39(3,4)5)25(2)33(35(42)43)36-44-30(23-46(36)37)27-13-10-12-26(21-27)29-22-28(41)14-15-31(29)50-24/h10,12-15,21-24,34-35H,8-9,11,16-20H2,1-7H3. The van der Waals surface area contributed by atoms with Crippen LogP contribution in [0.15, 0.2) is 48.7 Å². The lowest BCUT2D eigenvalue weighted by atomic mass is 9.91. The second-order valence-corrected chi connectivity index (χ2v) is 15.0. The number of aromatic nitrogens is 2. The van der Waals surface area contributed by atoms with Crippen LogP contribution in [0.4, 0.5) is 19.0 Å². The molecule has 1 fully saturated rings. The Morgan fingerprint density at radius 3 is 2.47 bits per heavy atom. The van der Waals surface area contributed by atoms with E-state index in [0.29, 0.717) is 72.1 Å².